The van der Waals surface area contributed by atoms with Gasteiger partial charge in [0, 0.05) is 17.5 Å². The Bertz CT molecular complexity index is 1120. The van der Waals surface area contributed by atoms with E-state index in [1.54, 1.807) is 0 Å². The van der Waals surface area contributed by atoms with Crippen molar-refractivity contribution in [2.24, 2.45) is 0 Å². The summed E-state index contributed by atoms with van der Waals surface area (Å²) in [5, 5.41) is 2.76. The van der Waals surface area contributed by atoms with Gasteiger partial charge in [0.25, 0.3) is 0 Å². The van der Waals surface area contributed by atoms with Crippen LogP contribution in [0.15, 0.2) is 115 Å². The molecule has 2 fully saturated rings. The van der Waals surface area contributed by atoms with E-state index in [1.165, 1.54) is 27.7 Å². The zero-order valence-corrected chi connectivity index (χ0v) is 23.1. The quantitative estimate of drug-likeness (QED) is 0.174. The summed E-state index contributed by atoms with van der Waals surface area (Å²) in [5.74, 6) is 1.66. The van der Waals surface area contributed by atoms with E-state index in [4.69, 9.17) is 0 Å². The van der Waals surface area contributed by atoms with Crippen molar-refractivity contribution in [2.45, 2.75) is 12.3 Å². The fourth-order valence-corrected chi connectivity index (χ4v) is 7.16. The van der Waals surface area contributed by atoms with Crippen LogP contribution in [0.3, 0.4) is 0 Å². The summed E-state index contributed by atoms with van der Waals surface area (Å²) in [6.07, 6.45) is 19.6. The normalized spacial score (nSPS) is 16.4. The van der Waals surface area contributed by atoms with Gasteiger partial charge in [0.05, 0.1) is 0 Å². The molecule has 6 rings (SSSR count). The van der Waals surface area contributed by atoms with E-state index in [1.807, 2.05) is 44.4 Å². The molecule has 4 aromatic rings. The molecule has 186 valence electrons. The van der Waals surface area contributed by atoms with Crippen molar-refractivity contribution in [1.82, 2.24) is 4.98 Å². The van der Waals surface area contributed by atoms with Crippen molar-refractivity contribution in [3.63, 3.8) is 0 Å². The zero-order valence-electron chi connectivity index (χ0n) is 21.1. The summed E-state index contributed by atoms with van der Waals surface area (Å²) in [5.41, 5.74) is 3.89. The summed E-state index contributed by atoms with van der Waals surface area (Å²) in [4.78, 5) is 4.65. The van der Waals surface area contributed by atoms with Crippen molar-refractivity contribution in [3.05, 3.63) is 190 Å². The molecule has 10 radical (unpaired) electrons. The van der Waals surface area contributed by atoms with Crippen molar-refractivity contribution in [2.75, 3.05) is 0 Å². The summed E-state index contributed by atoms with van der Waals surface area (Å²) in [7, 11) is -0.648. The Morgan fingerprint density at radius 2 is 1.08 bits per heavy atom. The van der Waals surface area contributed by atoms with Crippen LogP contribution in [0.25, 0.3) is 0 Å². The van der Waals surface area contributed by atoms with Crippen LogP contribution >= 0.6 is 7.92 Å². The average Bonchev–Trinajstić information content (AvgIpc) is 3.71. The number of nitrogens with zero attached hydrogens (tertiary/aromatic N) is 1. The molecule has 2 aliphatic rings. The monoisotopic (exact) mass is 551 g/mol. The fourth-order valence-electron chi connectivity index (χ4n) is 4.65. The van der Waals surface area contributed by atoms with Crippen molar-refractivity contribution in [1.29, 1.82) is 0 Å². The molecule has 3 heteroatoms. The molecule has 38 heavy (non-hydrogen) atoms. The molecule has 1 heterocycles. The number of rotatable bonds is 7. The molecule has 3 aromatic carbocycles. The minimum atomic E-state index is -0.648. The van der Waals surface area contributed by atoms with Crippen LogP contribution < -0.4 is 10.6 Å². The maximum absolute atomic E-state index is 4.65. The van der Waals surface area contributed by atoms with Crippen molar-refractivity contribution in [3.8, 4) is 0 Å². The largest absolute Gasteiger partial charge is 2.00 e. The SMILES string of the molecule is [CH]1[CH][CH][CH][CH]1.[CH]1[CH][C]([C@H](Cc2ccccn2)c2ccccc2)[C](P(c2ccccc2)c2ccccc2)[CH]1.[Fe+2]. The van der Waals surface area contributed by atoms with Crippen LogP contribution in [-0.4, -0.2) is 4.98 Å². The molecular weight excluding hydrogens is 521 g/mol. The van der Waals surface area contributed by atoms with E-state index in [2.05, 4.69) is 127 Å². The number of aromatic nitrogens is 1. The Morgan fingerprint density at radius 3 is 1.61 bits per heavy atom. The predicted octanol–water partition coefficient (Wildman–Crippen LogP) is 7.29. The molecule has 1 aromatic heterocycles. The van der Waals surface area contributed by atoms with Gasteiger partial charge in [-0.15, -0.1) is 0 Å². The third-order valence-electron chi connectivity index (χ3n) is 6.37. The Labute approximate surface area is 241 Å². The molecule has 0 amide bonds. The molecule has 0 unspecified atom stereocenters. The van der Waals surface area contributed by atoms with E-state index in [-0.39, 0.29) is 23.0 Å². The third kappa shape index (κ3) is 7.66. The minimum Gasteiger partial charge on any atom is -0.261 e. The Morgan fingerprint density at radius 1 is 0.553 bits per heavy atom. The number of pyridine rings is 1. The van der Waals surface area contributed by atoms with Gasteiger partial charge >= 0.3 is 17.1 Å². The molecule has 1 nitrogen and oxygen atoms in total. The second-order valence-electron chi connectivity index (χ2n) is 8.82. The number of benzene rings is 3. The average molecular weight is 551 g/mol. The Kier molecular flexibility index (Phi) is 11.6. The Balaban J connectivity index is 0.000000504. The second kappa shape index (κ2) is 15.4. The first-order valence-corrected chi connectivity index (χ1v) is 14.0. The molecule has 2 aliphatic carbocycles. The van der Waals surface area contributed by atoms with E-state index >= 15 is 0 Å². The predicted molar refractivity (Wildman–Crippen MR) is 157 cm³/mol. The molecule has 0 bridgehead atoms. The van der Waals surface area contributed by atoms with Crippen LogP contribution in [0.4, 0.5) is 0 Å². The van der Waals surface area contributed by atoms with Crippen LogP contribution in [-0.2, 0) is 23.5 Å². The standard InChI is InChI=1S/C30H25NP.C5H5.Fe/c1-4-13-24(14-5-1)29(23-25-15-10-11-22-31-25)28-20-12-21-30(28)32(26-16-6-2-7-17-26)27-18-8-3-9-19-27;1-2-4-5-3-1;/h1-22,29H,23H2;1-5H;/q;;+2/t29-;;/m1../s1. The number of hydrogen-bond acceptors (Lipinski definition) is 1. The first-order valence-electron chi connectivity index (χ1n) is 12.7. The van der Waals surface area contributed by atoms with Gasteiger partial charge in [0.1, 0.15) is 0 Å². The van der Waals surface area contributed by atoms with Crippen LogP contribution in [0.1, 0.15) is 17.2 Å². The molecular formula is C35H30FeNP+2. The van der Waals surface area contributed by atoms with Gasteiger partial charge in [-0.1, -0.05) is 97.1 Å². The molecule has 2 saturated carbocycles. The van der Waals surface area contributed by atoms with Crippen molar-refractivity contribution < 1.29 is 17.1 Å². The summed E-state index contributed by atoms with van der Waals surface area (Å²) in [6, 6.07) is 38.9. The van der Waals surface area contributed by atoms with Crippen LogP contribution in [0, 0.1) is 62.9 Å². The van der Waals surface area contributed by atoms with Gasteiger partial charge in [0.15, 0.2) is 0 Å². The second-order valence-corrected chi connectivity index (χ2v) is 11.0. The maximum Gasteiger partial charge on any atom is 2.00 e. The summed E-state index contributed by atoms with van der Waals surface area (Å²) >= 11 is 0. The fraction of sp³-hybridized carbons (Fsp3) is 0.0571. The first-order chi connectivity index (χ1) is 18.4. The van der Waals surface area contributed by atoms with Gasteiger partial charge in [-0.2, -0.15) is 0 Å². The number of hydrogen-bond donors (Lipinski definition) is 0. The van der Waals surface area contributed by atoms with Crippen LogP contribution in [0.2, 0.25) is 0 Å². The summed E-state index contributed by atoms with van der Waals surface area (Å²) in [6.45, 7) is 0. The third-order valence-corrected chi connectivity index (χ3v) is 8.89. The molecule has 0 N–H and O–H groups in total. The molecule has 0 spiro atoms. The van der Waals surface area contributed by atoms with E-state index in [0.29, 0.717) is 0 Å². The molecule has 0 aliphatic heterocycles. The first kappa shape index (κ1) is 28.8. The molecule has 1 atom stereocenters. The van der Waals surface area contributed by atoms with Crippen molar-refractivity contribution >= 4 is 18.5 Å². The van der Waals surface area contributed by atoms with Gasteiger partial charge in [-0.05, 0) is 106 Å². The Hall–Kier alpha value is -2.24. The smallest absolute Gasteiger partial charge is 0.261 e. The van der Waals surface area contributed by atoms with Gasteiger partial charge < -0.3 is 0 Å². The van der Waals surface area contributed by atoms with E-state index in [9.17, 15) is 0 Å². The van der Waals surface area contributed by atoms with Crippen LogP contribution in [0.5, 0.6) is 0 Å². The minimum absolute atomic E-state index is 0. The topological polar surface area (TPSA) is 12.9 Å². The van der Waals surface area contributed by atoms with E-state index in [0.717, 1.165) is 12.1 Å². The van der Waals surface area contributed by atoms with E-state index < -0.39 is 7.92 Å². The summed E-state index contributed by atoms with van der Waals surface area (Å²) < 4.78 is 0. The van der Waals surface area contributed by atoms with Gasteiger partial charge in [0.2, 0.25) is 0 Å². The van der Waals surface area contributed by atoms with Gasteiger partial charge in [-0.25, -0.2) is 0 Å². The molecule has 0 saturated heterocycles. The maximum atomic E-state index is 4.65. The van der Waals surface area contributed by atoms with Gasteiger partial charge in [-0.3, -0.25) is 4.98 Å². The zero-order chi connectivity index (χ0) is 25.1.